The van der Waals surface area contributed by atoms with E-state index in [9.17, 15) is 13.8 Å². The van der Waals surface area contributed by atoms with E-state index in [1.165, 1.54) is 12.5 Å². The molecule has 0 aliphatic heterocycles. The van der Waals surface area contributed by atoms with Crippen LogP contribution in [0.15, 0.2) is 28.6 Å². The number of terminal acetylenes is 1. The Labute approximate surface area is 138 Å². The fraction of sp³-hybridized carbons (Fsp3) is 0.412. The van der Waals surface area contributed by atoms with E-state index in [1.807, 2.05) is 0 Å². The summed E-state index contributed by atoms with van der Waals surface area (Å²) < 4.78 is 15.1. The molecule has 0 atom stereocenters. The molecule has 23 heavy (non-hydrogen) atoms. The Hall–Kier alpha value is -2.13. The molecular weight excluding hydrogens is 312 g/mol. The van der Waals surface area contributed by atoms with Crippen molar-refractivity contribution in [1.82, 2.24) is 0 Å². The zero-order valence-corrected chi connectivity index (χ0v) is 14.3. The van der Waals surface area contributed by atoms with E-state index >= 15 is 0 Å². The number of nitrogens with zero attached hydrogens (tertiary/aromatic N) is 1. The summed E-state index contributed by atoms with van der Waals surface area (Å²) in [4.78, 5) is 23.6. The lowest BCUT2D eigenvalue weighted by molar-refractivity contribution is -0.116. The molecule has 1 aromatic rings. The van der Waals surface area contributed by atoms with Crippen molar-refractivity contribution in [3.63, 3.8) is 0 Å². The summed E-state index contributed by atoms with van der Waals surface area (Å²) in [7, 11) is -2.47. The molecule has 0 bridgehead atoms. The first-order valence-corrected chi connectivity index (χ1v) is 9.70. The number of carbonyl (C=O) groups is 2. The van der Waals surface area contributed by atoms with Crippen molar-refractivity contribution < 1.29 is 13.8 Å². The minimum atomic E-state index is -2.47. The Balaban J connectivity index is 2.51. The van der Waals surface area contributed by atoms with Gasteiger partial charge in [0.15, 0.2) is 0 Å². The highest BCUT2D eigenvalue weighted by molar-refractivity contribution is 7.92. The van der Waals surface area contributed by atoms with Gasteiger partial charge < -0.3 is 5.32 Å². The number of anilines is 1. The SMILES string of the molecule is C#CCCCCCC(=O)Nc1ccc(C(=O)N=S(C)(C)=O)cc1. The van der Waals surface area contributed by atoms with E-state index < -0.39 is 15.6 Å². The first-order valence-electron chi connectivity index (χ1n) is 7.36. The fourth-order valence-corrected chi connectivity index (χ4v) is 2.37. The normalized spacial score (nSPS) is 10.7. The third kappa shape index (κ3) is 8.17. The number of nitrogens with one attached hydrogen (secondary N) is 1. The van der Waals surface area contributed by atoms with Crippen molar-refractivity contribution in [2.75, 3.05) is 17.8 Å². The largest absolute Gasteiger partial charge is 0.326 e. The number of unbranched alkanes of at least 4 members (excludes halogenated alkanes) is 3. The Morgan fingerprint density at radius 3 is 2.39 bits per heavy atom. The van der Waals surface area contributed by atoms with E-state index in [-0.39, 0.29) is 5.91 Å². The molecule has 0 unspecified atom stereocenters. The minimum Gasteiger partial charge on any atom is -0.326 e. The molecule has 0 aromatic heterocycles. The second-order valence-electron chi connectivity index (χ2n) is 5.47. The Morgan fingerprint density at radius 1 is 1.17 bits per heavy atom. The van der Waals surface area contributed by atoms with Crippen LogP contribution in [0.3, 0.4) is 0 Å². The number of carbonyl (C=O) groups excluding carboxylic acids is 2. The molecule has 6 heteroatoms. The van der Waals surface area contributed by atoms with Gasteiger partial charge in [0.25, 0.3) is 5.91 Å². The second kappa shape index (κ2) is 9.11. The maximum absolute atomic E-state index is 11.8. The number of amides is 2. The van der Waals surface area contributed by atoms with Crippen molar-refractivity contribution in [3.8, 4) is 12.3 Å². The van der Waals surface area contributed by atoms with Gasteiger partial charge in [-0.2, -0.15) is 4.36 Å². The van der Waals surface area contributed by atoms with Crippen LogP contribution >= 0.6 is 0 Å². The lowest BCUT2D eigenvalue weighted by Crippen LogP contribution is -2.11. The smallest absolute Gasteiger partial charge is 0.285 e. The average Bonchev–Trinajstić information content (AvgIpc) is 2.46. The van der Waals surface area contributed by atoms with Gasteiger partial charge in [-0.3, -0.25) is 9.59 Å². The van der Waals surface area contributed by atoms with Gasteiger partial charge in [0.1, 0.15) is 0 Å². The summed E-state index contributed by atoms with van der Waals surface area (Å²) >= 11 is 0. The molecule has 1 N–H and O–H groups in total. The highest BCUT2D eigenvalue weighted by Crippen LogP contribution is 2.12. The molecule has 0 saturated carbocycles. The lowest BCUT2D eigenvalue weighted by atomic mass is 10.1. The van der Waals surface area contributed by atoms with Crippen molar-refractivity contribution in [2.45, 2.75) is 32.1 Å². The van der Waals surface area contributed by atoms with Crippen LogP contribution in [-0.4, -0.2) is 28.5 Å². The van der Waals surface area contributed by atoms with Gasteiger partial charge in [-0.05, 0) is 37.1 Å². The summed E-state index contributed by atoms with van der Waals surface area (Å²) in [5, 5.41) is 2.77. The number of rotatable bonds is 7. The van der Waals surface area contributed by atoms with Gasteiger partial charge in [0, 0.05) is 46.3 Å². The molecule has 124 valence electrons. The van der Waals surface area contributed by atoms with Crippen LogP contribution in [-0.2, 0) is 14.5 Å². The van der Waals surface area contributed by atoms with E-state index in [4.69, 9.17) is 6.42 Å². The first-order chi connectivity index (χ1) is 10.8. The van der Waals surface area contributed by atoms with Crippen molar-refractivity contribution in [3.05, 3.63) is 29.8 Å². The molecule has 0 spiro atoms. The predicted octanol–water partition coefficient (Wildman–Crippen LogP) is 3.08. The summed E-state index contributed by atoms with van der Waals surface area (Å²) in [5.41, 5.74) is 0.956. The van der Waals surface area contributed by atoms with Crippen LogP contribution in [0.2, 0.25) is 0 Å². The summed E-state index contributed by atoms with van der Waals surface area (Å²) in [6.07, 6.45) is 11.8. The van der Waals surface area contributed by atoms with Crippen LogP contribution in [0.1, 0.15) is 42.5 Å². The molecule has 5 nitrogen and oxygen atoms in total. The zero-order chi connectivity index (χ0) is 17.3. The fourth-order valence-electron chi connectivity index (χ4n) is 1.86. The summed E-state index contributed by atoms with van der Waals surface area (Å²) in [6.45, 7) is 0. The molecule has 1 aromatic carbocycles. The van der Waals surface area contributed by atoms with Gasteiger partial charge in [0.05, 0.1) is 0 Å². The van der Waals surface area contributed by atoms with Crippen LogP contribution in [0, 0.1) is 12.3 Å². The summed E-state index contributed by atoms with van der Waals surface area (Å²) in [6, 6.07) is 6.37. The monoisotopic (exact) mass is 334 g/mol. The molecule has 2 amide bonds. The molecule has 0 heterocycles. The topological polar surface area (TPSA) is 75.6 Å². The van der Waals surface area contributed by atoms with Crippen LogP contribution in [0.25, 0.3) is 0 Å². The second-order valence-corrected chi connectivity index (χ2v) is 8.01. The number of benzene rings is 1. The van der Waals surface area contributed by atoms with E-state index in [2.05, 4.69) is 15.6 Å². The molecule has 0 radical (unpaired) electrons. The zero-order valence-electron chi connectivity index (χ0n) is 13.5. The Morgan fingerprint density at radius 2 is 1.83 bits per heavy atom. The van der Waals surface area contributed by atoms with Gasteiger partial charge in [-0.25, -0.2) is 4.21 Å². The van der Waals surface area contributed by atoms with E-state index in [0.717, 1.165) is 25.7 Å². The molecule has 0 saturated heterocycles. The van der Waals surface area contributed by atoms with Gasteiger partial charge in [-0.1, -0.05) is 6.42 Å². The van der Waals surface area contributed by atoms with Gasteiger partial charge in [-0.15, -0.1) is 12.3 Å². The third-order valence-corrected chi connectivity index (χ3v) is 3.55. The van der Waals surface area contributed by atoms with Crippen LogP contribution in [0.5, 0.6) is 0 Å². The minimum absolute atomic E-state index is 0.0698. The molecular formula is C17H22N2O3S. The van der Waals surface area contributed by atoms with Crippen molar-refractivity contribution in [2.24, 2.45) is 4.36 Å². The van der Waals surface area contributed by atoms with Crippen LogP contribution in [0.4, 0.5) is 5.69 Å². The van der Waals surface area contributed by atoms with Gasteiger partial charge in [0.2, 0.25) is 5.91 Å². The Bertz CT molecular complexity index is 700. The van der Waals surface area contributed by atoms with Gasteiger partial charge >= 0.3 is 0 Å². The quantitative estimate of drug-likeness (QED) is 0.615. The lowest BCUT2D eigenvalue weighted by Gasteiger charge is -2.05. The highest BCUT2D eigenvalue weighted by atomic mass is 32.2. The Kier molecular flexibility index (Phi) is 7.49. The average molecular weight is 334 g/mol. The van der Waals surface area contributed by atoms with E-state index in [0.29, 0.717) is 17.7 Å². The molecule has 1 rings (SSSR count). The number of hydrogen-bond acceptors (Lipinski definition) is 3. The van der Waals surface area contributed by atoms with E-state index in [1.54, 1.807) is 24.3 Å². The maximum atomic E-state index is 11.8. The molecule has 0 fully saturated rings. The predicted molar refractivity (Wildman–Crippen MR) is 93.7 cm³/mol. The maximum Gasteiger partial charge on any atom is 0.285 e. The third-order valence-electron chi connectivity index (χ3n) is 2.94. The molecule has 0 aliphatic carbocycles. The number of hydrogen-bond donors (Lipinski definition) is 1. The van der Waals surface area contributed by atoms with Crippen LogP contribution < -0.4 is 5.32 Å². The summed E-state index contributed by atoms with van der Waals surface area (Å²) in [5.74, 6) is 1.98. The standard InChI is InChI=1S/C17H22N2O3S/c1-4-5-6-7-8-9-16(20)18-15-12-10-14(11-13-15)17(21)19-23(2,3)22/h1,10-13H,5-9H2,2-3H3,(H,18,20). The van der Waals surface area contributed by atoms with Crippen molar-refractivity contribution in [1.29, 1.82) is 0 Å². The van der Waals surface area contributed by atoms with Crippen molar-refractivity contribution >= 4 is 27.2 Å². The highest BCUT2D eigenvalue weighted by Gasteiger charge is 2.07. The first kappa shape index (κ1) is 18.9. The molecule has 0 aliphatic rings.